The molecule has 1 aromatic carbocycles. The molecule has 0 bridgehead atoms. The largest absolute Gasteiger partial charge is 0.483 e. The Labute approximate surface area is 134 Å². The summed E-state index contributed by atoms with van der Waals surface area (Å²) in [6.07, 6.45) is 0.748. The Kier molecular flexibility index (Phi) is 5.39. The third kappa shape index (κ3) is 3.84. The molecule has 21 heavy (non-hydrogen) atoms. The minimum absolute atomic E-state index is 0.0638. The fourth-order valence-electron chi connectivity index (χ4n) is 2.34. The molecule has 2 atom stereocenters. The number of nitrogens with zero attached hydrogens (tertiary/aromatic N) is 2. The van der Waals surface area contributed by atoms with Crippen molar-refractivity contribution in [3.8, 4) is 0 Å². The van der Waals surface area contributed by atoms with Crippen LogP contribution in [0.15, 0.2) is 38.7 Å². The smallest absolute Gasteiger partial charge is 0.209 e. The van der Waals surface area contributed by atoms with Crippen molar-refractivity contribution >= 4 is 27.7 Å². The van der Waals surface area contributed by atoms with E-state index in [2.05, 4.69) is 46.9 Å². The average molecular weight is 353 g/mol. The van der Waals surface area contributed by atoms with Crippen molar-refractivity contribution in [1.29, 1.82) is 0 Å². The van der Waals surface area contributed by atoms with Gasteiger partial charge in [0.05, 0.1) is 14.2 Å². The van der Waals surface area contributed by atoms with E-state index >= 15 is 0 Å². The highest BCUT2D eigenvalue weighted by Gasteiger charge is 2.30. The van der Waals surface area contributed by atoms with Gasteiger partial charge in [-0.05, 0) is 23.6 Å². The molecule has 2 rings (SSSR count). The van der Waals surface area contributed by atoms with Gasteiger partial charge < -0.3 is 9.47 Å². The Morgan fingerprint density at radius 3 is 2.19 bits per heavy atom. The predicted octanol–water partition coefficient (Wildman–Crippen LogP) is 3.49. The first kappa shape index (κ1) is 16.0. The highest BCUT2D eigenvalue weighted by molar-refractivity contribution is 9.10. The molecule has 0 radical (unpaired) electrons. The number of rotatable bonds is 3. The highest BCUT2D eigenvalue weighted by Crippen LogP contribution is 2.20. The van der Waals surface area contributed by atoms with Crippen LogP contribution in [0, 0.1) is 5.92 Å². The van der Waals surface area contributed by atoms with E-state index in [0.717, 1.165) is 10.9 Å². The number of aliphatic imine (C=N–C) groups is 2. The van der Waals surface area contributed by atoms with Gasteiger partial charge in [-0.15, -0.1) is 0 Å². The molecule has 0 fully saturated rings. The molecule has 1 aliphatic heterocycles. The van der Waals surface area contributed by atoms with Crippen molar-refractivity contribution in [2.45, 2.75) is 32.4 Å². The summed E-state index contributed by atoms with van der Waals surface area (Å²) >= 11 is 3.44. The van der Waals surface area contributed by atoms with E-state index in [1.807, 2.05) is 12.1 Å². The van der Waals surface area contributed by atoms with Crippen LogP contribution in [-0.4, -0.2) is 38.1 Å². The van der Waals surface area contributed by atoms with Gasteiger partial charge in [-0.25, -0.2) is 9.98 Å². The van der Waals surface area contributed by atoms with E-state index in [1.54, 1.807) is 14.2 Å². The molecule has 0 saturated carbocycles. The second-order valence-electron chi connectivity index (χ2n) is 5.38. The number of hydrogen-bond acceptors (Lipinski definition) is 4. The van der Waals surface area contributed by atoms with Crippen molar-refractivity contribution in [3.63, 3.8) is 0 Å². The minimum atomic E-state index is -0.124. The summed E-state index contributed by atoms with van der Waals surface area (Å²) in [5.41, 5.74) is 1.19. The topological polar surface area (TPSA) is 43.2 Å². The Hall–Kier alpha value is -1.36. The zero-order chi connectivity index (χ0) is 15.4. The van der Waals surface area contributed by atoms with E-state index in [0.29, 0.717) is 17.7 Å². The van der Waals surface area contributed by atoms with E-state index in [1.165, 1.54) is 5.56 Å². The molecule has 0 unspecified atom stereocenters. The molecule has 4 nitrogen and oxygen atoms in total. The summed E-state index contributed by atoms with van der Waals surface area (Å²) in [6.45, 7) is 4.20. The second kappa shape index (κ2) is 7.07. The van der Waals surface area contributed by atoms with Crippen LogP contribution in [0.4, 0.5) is 0 Å². The van der Waals surface area contributed by atoms with Crippen LogP contribution in [0.5, 0.6) is 0 Å². The van der Waals surface area contributed by atoms with Crippen molar-refractivity contribution in [2.75, 3.05) is 14.2 Å². The maximum atomic E-state index is 5.45. The third-order valence-corrected chi connectivity index (χ3v) is 4.01. The summed E-state index contributed by atoms with van der Waals surface area (Å²) < 4.78 is 11.9. The predicted molar refractivity (Wildman–Crippen MR) is 89.1 cm³/mol. The van der Waals surface area contributed by atoms with Crippen molar-refractivity contribution in [2.24, 2.45) is 15.9 Å². The van der Waals surface area contributed by atoms with Crippen molar-refractivity contribution < 1.29 is 9.47 Å². The molecule has 114 valence electrons. The van der Waals surface area contributed by atoms with E-state index in [9.17, 15) is 0 Å². The van der Waals surface area contributed by atoms with Gasteiger partial charge in [0, 0.05) is 10.9 Å². The van der Waals surface area contributed by atoms with Gasteiger partial charge in [0.2, 0.25) is 11.8 Å². The lowest BCUT2D eigenvalue weighted by molar-refractivity contribution is 0.332. The minimum Gasteiger partial charge on any atom is -0.483 e. The number of benzene rings is 1. The fourth-order valence-corrected chi connectivity index (χ4v) is 2.60. The van der Waals surface area contributed by atoms with Crippen molar-refractivity contribution in [1.82, 2.24) is 0 Å². The molecule has 0 aromatic heterocycles. The van der Waals surface area contributed by atoms with Gasteiger partial charge in [-0.3, -0.25) is 0 Å². The van der Waals surface area contributed by atoms with Gasteiger partial charge in [-0.1, -0.05) is 41.9 Å². The quantitative estimate of drug-likeness (QED) is 0.835. The molecular weight excluding hydrogens is 332 g/mol. The van der Waals surface area contributed by atoms with Gasteiger partial charge in [0.25, 0.3) is 0 Å². The third-order valence-electron chi connectivity index (χ3n) is 3.48. The van der Waals surface area contributed by atoms with Crippen LogP contribution in [-0.2, 0) is 15.9 Å². The van der Waals surface area contributed by atoms with Gasteiger partial charge in [0.15, 0.2) is 0 Å². The lowest BCUT2D eigenvalue weighted by Gasteiger charge is -2.27. The first-order chi connectivity index (χ1) is 10.0. The maximum Gasteiger partial charge on any atom is 0.209 e. The Balaban J connectivity index is 2.23. The summed E-state index contributed by atoms with van der Waals surface area (Å²) in [7, 11) is 3.30. The van der Waals surface area contributed by atoms with Crippen LogP contribution in [0.1, 0.15) is 19.4 Å². The lowest BCUT2D eigenvalue weighted by atomic mass is 10.0. The molecule has 0 saturated heterocycles. The van der Waals surface area contributed by atoms with E-state index in [4.69, 9.17) is 14.5 Å². The van der Waals surface area contributed by atoms with Gasteiger partial charge in [-0.2, -0.15) is 0 Å². The van der Waals surface area contributed by atoms with Gasteiger partial charge >= 0.3 is 0 Å². The van der Waals surface area contributed by atoms with Crippen LogP contribution < -0.4 is 0 Å². The lowest BCUT2D eigenvalue weighted by Crippen LogP contribution is -2.38. The SMILES string of the molecule is COC1=N[C@H](C(C)C)C(OC)=N[C@H]1Cc1ccc(Br)cc1. The van der Waals surface area contributed by atoms with Crippen LogP contribution in [0.3, 0.4) is 0 Å². The zero-order valence-electron chi connectivity index (χ0n) is 12.8. The molecule has 5 heteroatoms. The summed E-state index contributed by atoms with van der Waals surface area (Å²) in [5, 5.41) is 0. The first-order valence-corrected chi connectivity index (χ1v) is 7.82. The molecule has 0 N–H and O–H groups in total. The summed E-state index contributed by atoms with van der Waals surface area (Å²) in [4.78, 5) is 9.38. The van der Waals surface area contributed by atoms with Crippen molar-refractivity contribution in [3.05, 3.63) is 34.3 Å². The van der Waals surface area contributed by atoms with Crippen LogP contribution in [0.2, 0.25) is 0 Å². The second-order valence-corrected chi connectivity index (χ2v) is 6.29. The number of halogens is 1. The van der Waals surface area contributed by atoms with Crippen LogP contribution in [0.25, 0.3) is 0 Å². The standard InChI is InChI=1S/C16H21BrN2O2/c1-10(2)14-16(21-4)18-13(15(19-14)20-3)9-11-5-7-12(17)8-6-11/h5-8,10,13-14H,9H2,1-4H3/t13-,14+/m0/s1. The molecular formula is C16H21BrN2O2. The zero-order valence-corrected chi connectivity index (χ0v) is 14.4. The summed E-state index contributed by atoms with van der Waals surface area (Å²) in [6, 6.07) is 8.02. The first-order valence-electron chi connectivity index (χ1n) is 7.03. The molecule has 0 spiro atoms. The molecule has 0 aliphatic carbocycles. The monoisotopic (exact) mass is 352 g/mol. The maximum absolute atomic E-state index is 5.45. The molecule has 1 aliphatic rings. The number of methoxy groups -OCH3 is 2. The normalized spacial score (nSPS) is 21.8. The average Bonchev–Trinajstić information content (AvgIpc) is 2.48. The summed E-state index contributed by atoms with van der Waals surface area (Å²) in [5.74, 6) is 1.69. The Bertz CT molecular complexity index is 538. The number of ether oxygens (including phenoxy) is 2. The van der Waals surface area contributed by atoms with E-state index < -0.39 is 0 Å². The highest BCUT2D eigenvalue weighted by atomic mass is 79.9. The van der Waals surface area contributed by atoms with Gasteiger partial charge in [0.1, 0.15) is 12.1 Å². The van der Waals surface area contributed by atoms with E-state index in [-0.39, 0.29) is 12.1 Å². The Morgan fingerprint density at radius 2 is 1.67 bits per heavy atom. The Morgan fingerprint density at radius 1 is 1.05 bits per heavy atom. The number of hydrogen-bond donors (Lipinski definition) is 0. The molecule has 1 aromatic rings. The molecule has 1 heterocycles. The molecule has 0 amide bonds. The fraction of sp³-hybridized carbons (Fsp3) is 0.500. The van der Waals surface area contributed by atoms with Crippen LogP contribution >= 0.6 is 15.9 Å².